The predicted molar refractivity (Wildman–Crippen MR) is 106 cm³/mol. The molecule has 0 amide bonds. The van der Waals surface area contributed by atoms with Gasteiger partial charge in [-0.3, -0.25) is 4.79 Å². The summed E-state index contributed by atoms with van der Waals surface area (Å²) in [6.07, 6.45) is 5.72. The molecule has 1 aliphatic carbocycles. The van der Waals surface area contributed by atoms with Crippen LogP contribution in [0.15, 0.2) is 60.7 Å². The fraction of sp³-hybridized carbons (Fsp3) is 0.292. The van der Waals surface area contributed by atoms with Gasteiger partial charge in [0.05, 0.1) is 24.2 Å². The van der Waals surface area contributed by atoms with Crippen molar-refractivity contribution in [3.8, 4) is 12.1 Å². The summed E-state index contributed by atoms with van der Waals surface area (Å²) in [7, 11) is 0. The monoisotopic (exact) mass is 365 g/mol. The molecule has 2 aromatic rings. The van der Waals surface area contributed by atoms with Crippen LogP contribution in [0.4, 0.5) is 5.69 Å². The number of nitrogens with zero attached hydrogens (tertiary/aromatic N) is 3. The molecule has 0 spiro atoms. The van der Waals surface area contributed by atoms with Gasteiger partial charge >= 0.3 is 0 Å². The Kier molecular flexibility index (Phi) is 3.64. The minimum Gasteiger partial charge on any atom is -0.351 e. The number of nitriles is 2. The Balaban J connectivity index is 1.77. The fourth-order valence-corrected chi connectivity index (χ4v) is 4.90. The number of rotatable bonds is 3. The average molecular weight is 365 g/mol. The number of Topliss-reactive ketones (excluding diaryl/α,β-unsaturated/α-hetero) is 1. The summed E-state index contributed by atoms with van der Waals surface area (Å²) in [5.41, 5.74) is 1.51. The van der Waals surface area contributed by atoms with Crippen molar-refractivity contribution < 1.29 is 4.79 Å². The van der Waals surface area contributed by atoms with Crippen LogP contribution in [0.5, 0.6) is 0 Å². The molecular weight excluding hydrogens is 346 g/mol. The van der Waals surface area contributed by atoms with Crippen molar-refractivity contribution in [1.82, 2.24) is 0 Å². The molecular formula is C24H19N3O. The van der Waals surface area contributed by atoms with Crippen LogP contribution in [-0.2, 0) is 4.79 Å². The third-order valence-corrected chi connectivity index (χ3v) is 6.35. The maximum atomic E-state index is 13.5. The number of benzene rings is 2. The van der Waals surface area contributed by atoms with Crippen LogP contribution in [0.3, 0.4) is 0 Å². The minimum atomic E-state index is -1.32. The molecule has 1 saturated carbocycles. The molecule has 2 aliphatic heterocycles. The fourth-order valence-electron chi connectivity index (χ4n) is 4.90. The van der Waals surface area contributed by atoms with Crippen LogP contribution in [0, 0.1) is 34.0 Å². The number of ketones is 1. The highest BCUT2D eigenvalue weighted by atomic mass is 16.1. The topological polar surface area (TPSA) is 67.9 Å². The van der Waals surface area contributed by atoms with E-state index in [-0.39, 0.29) is 11.7 Å². The van der Waals surface area contributed by atoms with E-state index >= 15 is 0 Å². The van der Waals surface area contributed by atoms with Crippen molar-refractivity contribution in [3.05, 3.63) is 71.8 Å². The van der Waals surface area contributed by atoms with Gasteiger partial charge in [0.15, 0.2) is 11.2 Å². The molecule has 2 aromatic carbocycles. The van der Waals surface area contributed by atoms with E-state index in [0.29, 0.717) is 0 Å². The first-order chi connectivity index (χ1) is 13.7. The maximum absolute atomic E-state index is 13.5. The van der Waals surface area contributed by atoms with Crippen LogP contribution in [-0.4, -0.2) is 17.9 Å². The second kappa shape index (κ2) is 6.08. The lowest BCUT2D eigenvalue weighted by atomic mass is 9.69. The van der Waals surface area contributed by atoms with Crippen molar-refractivity contribution in [2.45, 2.75) is 30.8 Å². The quantitative estimate of drug-likeness (QED) is 0.822. The number of fused-ring (bicyclic) bond motifs is 3. The summed E-state index contributed by atoms with van der Waals surface area (Å²) in [5, 5.41) is 20.5. The lowest BCUT2D eigenvalue weighted by Gasteiger charge is -2.35. The molecule has 136 valence electrons. The SMILES string of the molecule is N#CC1(C#N)C(c2ccccc2)C(C(=O)C2CC2)N2c3ccccc3C=CC21. The smallest absolute Gasteiger partial charge is 0.176 e. The Hall–Kier alpha value is -3.37. The van der Waals surface area contributed by atoms with Gasteiger partial charge < -0.3 is 4.90 Å². The molecule has 3 aliphatic rings. The molecule has 28 heavy (non-hydrogen) atoms. The molecule has 0 radical (unpaired) electrons. The highest BCUT2D eigenvalue weighted by molar-refractivity contribution is 5.95. The molecule has 4 heteroatoms. The van der Waals surface area contributed by atoms with Gasteiger partial charge in [-0.15, -0.1) is 0 Å². The number of hydrogen-bond donors (Lipinski definition) is 0. The van der Waals surface area contributed by atoms with Crippen LogP contribution in [0.2, 0.25) is 0 Å². The predicted octanol–water partition coefficient (Wildman–Crippen LogP) is 4.07. The van der Waals surface area contributed by atoms with E-state index in [1.807, 2.05) is 66.7 Å². The lowest BCUT2D eigenvalue weighted by molar-refractivity contribution is -0.121. The van der Waals surface area contributed by atoms with Crippen molar-refractivity contribution in [1.29, 1.82) is 10.5 Å². The summed E-state index contributed by atoms with van der Waals surface area (Å²) in [5.74, 6) is -0.281. The summed E-state index contributed by atoms with van der Waals surface area (Å²) in [4.78, 5) is 15.5. The molecule has 1 saturated heterocycles. The van der Waals surface area contributed by atoms with Crippen LogP contribution in [0.25, 0.3) is 6.08 Å². The Labute approximate surface area is 164 Å². The van der Waals surface area contributed by atoms with Crippen molar-refractivity contribution in [2.24, 2.45) is 11.3 Å². The first-order valence-corrected chi connectivity index (χ1v) is 9.68. The van der Waals surface area contributed by atoms with Gasteiger partial charge in [-0.2, -0.15) is 10.5 Å². The molecule has 0 bridgehead atoms. The first kappa shape index (κ1) is 16.8. The molecule has 0 N–H and O–H groups in total. The van der Waals surface area contributed by atoms with E-state index in [2.05, 4.69) is 17.0 Å². The van der Waals surface area contributed by atoms with E-state index < -0.39 is 23.4 Å². The standard InChI is InChI=1S/C24H19N3O/c25-14-24(15-26)20-13-12-16-6-4-5-9-19(16)27(20)22(23(28)18-10-11-18)21(24)17-7-2-1-3-8-17/h1-9,12-13,18,20-22H,10-11H2. The molecule has 3 atom stereocenters. The second-order valence-electron chi connectivity index (χ2n) is 7.87. The van der Waals surface area contributed by atoms with Gasteiger partial charge in [0.25, 0.3) is 0 Å². The number of carbonyl (C=O) groups excluding carboxylic acids is 1. The number of carbonyl (C=O) groups is 1. The largest absolute Gasteiger partial charge is 0.351 e. The van der Waals surface area contributed by atoms with E-state index in [1.54, 1.807) is 0 Å². The van der Waals surface area contributed by atoms with E-state index in [9.17, 15) is 15.3 Å². The van der Waals surface area contributed by atoms with Crippen molar-refractivity contribution >= 4 is 17.5 Å². The summed E-state index contributed by atoms with van der Waals surface area (Å²) >= 11 is 0. The van der Waals surface area contributed by atoms with Gasteiger partial charge in [0.1, 0.15) is 0 Å². The second-order valence-corrected chi connectivity index (χ2v) is 7.87. The third kappa shape index (κ3) is 2.18. The molecule has 5 rings (SSSR count). The van der Waals surface area contributed by atoms with Crippen LogP contribution < -0.4 is 4.90 Å². The molecule has 4 nitrogen and oxygen atoms in total. The lowest BCUT2D eigenvalue weighted by Crippen LogP contribution is -2.44. The van der Waals surface area contributed by atoms with Gasteiger partial charge in [-0.05, 0) is 30.0 Å². The number of para-hydroxylation sites is 1. The van der Waals surface area contributed by atoms with Gasteiger partial charge in [0, 0.05) is 17.5 Å². The number of anilines is 1. The minimum absolute atomic E-state index is 0.0446. The van der Waals surface area contributed by atoms with E-state index in [4.69, 9.17) is 0 Å². The molecule has 2 heterocycles. The highest BCUT2D eigenvalue weighted by Gasteiger charge is 2.64. The summed E-state index contributed by atoms with van der Waals surface area (Å²) in [6, 6.07) is 21.3. The first-order valence-electron chi connectivity index (χ1n) is 9.68. The van der Waals surface area contributed by atoms with Crippen molar-refractivity contribution in [3.63, 3.8) is 0 Å². The molecule has 2 fully saturated rings. The van der Waals surface area contributed by atoms with E-state index in [1.165, 1.54) is 0 Å². The zero-order valence-corrected chi connectivity index (χ0v) is 15.3. The van der Waals surface area contributed by atoms with E-state index in [0.717, 1.165) is 29.7 Å². The highest BCUT2D eigenvalue weighted by Crippen LogP contribution is 2.56. The van der Waals surface area contributed by atoms with Gasteiger partial charge in [0.2, 0.25) is 0 Å². The Morgan fingerprint density at radius 3 is 2.36 bits per heavy atom. The summed E-state index contributed by atoms with van der Waals surface area (Å²) < 4.78 is 0. The van der Waals surface area contributed by atoms with Crippen molar-refractivity contribution in [2.75, 3.05) is 4.90 Å². The Bertz CT molecular complexity index is 1040. The Morgan fingerprint density at radius 2 is 1.68 bits per heavy atom. The van der Waals surface area contributed by atoms with Crippen LogP contribution >= 0.6 is 0 Å². The summed E-state index contributed by atoms with van der Waals surface area (Å²) in [6.45, 7) is 0. The third-order valence-electron chi connectivity index (χ3n) is 6.35. The maximum Gasteiger partial charge on any atom is 0.176 e. The normalized spacial score (nSPS) is 26.6. The molecule has 3 unspecified atom stereocenters. The van der Waals surface area contributed by atoms with Gasteiger partial charge in [-0.25, -0.2) is 0 Å². The zero-order valence-electron chi connectivity index (χ0n) is 15.3. The van der Waals surface area contributed by atoms with Crippen LogP contribution in [0.1, 0.15) is 29.9 Å². The molecule has 0 aromatic heterocycles. The zero-order chi connectivity index (χ0) is 19.3. The number of hydrogen-bond acceptors (Lipinski definition) is 4. The average Bonchev–Trinajstić information content (AvgIpc) is 3.56. The Morgan fingerprint density at radius 1 is 1.00 bits per heavy atom. The van der Waals surface area contributed by atoms with Gasteiger partial charge in [-0.1, -0.05) is 60.7 Å².